The molecule has 0 saturated heterocycles. The minimum absolute atomic E-state index is 0.930. The fraction of sp³-hybridized carbons (Fsp3) is 0.267. The van der Waals surface area contributed by atoms with Gasteiger partial charge < -0.3 is 5.32 Å². The summed E-state index contributed by atoms with van der Waals surface area (Å²) in [5, 5.41) is 3.46. The summed E-state index contributed by atoms with van der Waals surface area (Å²) in [6.45, 7) is 1.92. The number of nitrogens with one attached hydrogen (secondary N) is 1. The molecule has 0 spiro atoms. The molecule has 0 aliphatic heterocycles. The lowest BCUT2D eigenvalue weighted by molar-refractivity contribution is 0.686. The van der Waals surface area contributed by atoms with E-state index in [0.717, 1.165) is 19.5 Å². The van der Waals surface area contributed by atoms with Crippen LogP contribution < -0.4 is 5.32 Å². The highest BCUT2D eigenvalue weighted by Crippen LogP contribution is 2.14. The molecule has 0 aliphatic carbocycles. The molecule has 0 amide bonds. The molecule has 2 nitrogen and oxygen atoms in total. The maximum absolute atomic E-state index is 4.02. The number of nitrogens with zero attached hydrogens (tertiary/aromatic N) is 1. The molecule has 0 bridgehead atoms. The van der Waals surface area contributed by atoms with Crippen molar-refractivity contribution in [1.29, 1.82) is 0 Å². The van der Waals surface area contributed by atoms with E-state index in [4.69, 9.17) is 0 Å². The SMILES string of the molecule is CSc1ccc(CNCCc2ccncc2)cc1. The van der Waals surface area contributed by atoms with E-state index in [1.807, 2.05) is 12.4 Å². The van der Waals surface area contributed by atoms with Gasteiger partial charge in [0.25, 0.3) is 0 Å². The average molecular weight is 258 g/mol. The van der Waals surface area contributed by atoms with Crippen molar-refractivity contribution in [2.45, 2.75) is 17.9 Å². The third-order valence-corrected chi connectivity index (χ3v) is 3.57. The van der Waals surface area contributed by atoms with Crippen LogP contribution >= 0.6 is 11.8 Å². The minimum Gasteiger partial charge on any atom is -0.312 e. The van der Waals surface area contributed by atoms with E-state index < -0.39 is 0 Å². The highest BCUT2D eigenvalue weighted by molar-refractivity contribution is 7.98. The third-order valence-electron chi connectivity index (χ3n) is 2.83. The molecule has 1 aromatic carbocycles. The van der Waals surface area contributed by atoms with Gasteiger partial charge in [-0.15, -0.1) is 11.8 Å². The first-order valence-corrected chi connectivity index (χ1v) is 7.33. The maximum atomic E-state index is 4.02. The van der Waals surface area contributed by atoms with Gasteiger partial charge in [-0.1, -0.05) is 12.1 Å². The van der Waals surface area contributed by atoms with Crippen LogP contribution in [-0.2, 0) is 13.0 Å². The van der Waals surface area contributed by atoms with Gasteiger partial charge in [0.15, 0.2) is 0 Å². The van der Waals surface area contributed by atoms with Gasteiger partial charge in [-0.25, -0.2) is 0 Å². The number of rotatable bonds is 6. The predicted molar refractivity (Wildman–Crippen MR) is 77.9 cm³/mol. The Labute approximate surface area is 113 Å². The Bertz CT molecular complexity index is 454. The van der Waals surface area contributed by atoms with E-state index in [0.29, 0.717) is 0 Å². The Morgan fingerprint density at radius 1 is 1.00 bits per heavy atom. The largest absolute Gasteiger partial charge is 0.312 e. The van der Waals surface area contributed by atoms with Crippen molar-refractivity contribution in [3.05, 3.63) is 59.9 Å². The lowest BCUT2D eigenvalue weighted by atomic mass is 10.2. The van der Waals surface area contributed by atoms with Crippen LogP contribution in [0.4, 0.5) is 0 Å². The number of hydrogen-bond acceptors (Lipinski definition) is 3. The van der Waals surface area contributed by atoms with E-state index in [-0.39, 0.29) is 0 Å². The number of aromatic nitrogens is 1. The van der Waals surface area contributed by atoms with Gasteiger partial charge in [-0.05, 0) is 54.6 Å². The van der Waals surface area contributed by atoms with Crippen molar-refractivity contribution in [1.82, 2.24) is 10.3 Å². The Hall–Kier alpha value is -1.32. The van der Waals surface area contributed by atoms with Gasteiger partial charge >= 0.3 is 0 Å². The first kappa shape index (κ1) is 13.1. The third kappa shape index (κ3) is 4.17. The molecule has 1 N–H and O–H groups in total. The smallest absolute Gasteiger partial charge is 0.0270 e. The topological polar surface area (TPSA) is 24.9 Å². The van der Waals surface area contributed by atoms with Gasteiger partial charge in [0, 0.05) is 23.8 Å². The molecule has 18 heavy (non-hydrogen) atoms. The van der Waals surface area contributed by atoms with Gasteiger partial charge in [0.1, 0.15) is 0 Å². The second-order valence-electron chi connectivity index (χ2n) is 4.13. The molecule has 0 unspecified atom stereocenters. The molecule has 0 aliphatic rings. The standard InChI is InChI=1S/C15H18N2S/c1-18-15-4-2-14(3-5-15)12-17-11-8-13-6-9-16-10-7-13/h2-7,9-10,17H,8,11-12H2,1H3. The van der Waals surface area contributed by atoms with Crippen LogP contribution in [0.5, 0.6) is 0 Å². The number of hydrogen-bond donors (Lipinski definition) is 1. The van der Waals surface area contributed by atoms with E-state index in [2.05, 4.69) is 53.0 Å². The Balaban J connectivity index is 1.72. The fourth-order valence-corrected chi connectivity index (χ4v) is 2.17. The van der Waals surface area contributed by atoms with Crippen LogP contribution in [0.25, 0.3) is 0 Å². The van der Waals surface area contributed by atoms with Crippen LogP contribution in [-0.4, -0.2) is 17.8 Å². The quantitative estimate of drug-likeness (QED) is 0.636. The van der Waals surface area contributed by atoms with Crippen molar-refractivity contribution in [2.75, 3.05) is 12.8 Å². The molecule has 2 aromatic rings. The minimum atomic E-state index is 0.930. The van der Waals surface area contributed by atoms with Gasteiger partial charge in [0.2, 0.25) is 0 Å². The lowest BCUT2D eigenvalue weighted by Crippen LogP contribution is -2.16. The van der Waals surface area contributed by atoms with Crippen LogP contribution in [0, 0.1) is 0 Å². The molecule has 0 radical (unpaired) electrons. The van der Waals surface area contributed by atoms with Crippen molar-refractivity contribution < 1.29 is 0 Å². The van der Waals surface area contributed by atoms with E-state index in [9.17, 15) is 0 Å². The van der Waals surface area contributed by atoms with Crippen LogP contribution in [0.3, 0.4) is 0 Å². The number of thioether (sulfide) groups is 1. The van der Waals surface area contributed by atoms with Crippen LogP contribution in [0.1, 0.15) is 11.1 Å². The molecule has 1 heterocycles. The molecular formula is C15H18N2S. The van der Waals surface area contributed by atoms with Crippen molar-refractivity contribution in [3.8, 4) is 0 Å². The lowest BCUT2D eigenvalue weighted by Gasteiger charge is -2.05. The van der Waals surface area contributed by atoms with E-state index >= 15 is 0 Å². The second-order valence-corrected chi connectivity index (χ2v) is 5.01. The first-order valence-electron chi connectivity index (χ1n) is 6.11. The summed E-state index contributed by atoms with van der Waals surface area (Å²) in [7, 11) is 0. The highest BCUT2D eigenvalue weighted by atomic mass is 32.2. The predicted octanol–water partition coefficient (Wildman–Crippen LogP) is 3.14. The molecule has 94 valence electrons. The molecular weight excluding hydrogens is 240 g/mol. The Kier molecular flexibility index (Phi) is 5.24. The summed E-state index contributed by atoms with van der Waals surface area (Å²) >= 11 is 1.78. The normalized spacial score (nSPS) is 10.5. The monoisotopic (exact) mass is 258 g/mol. The van der Waals surface area contributed by atoms with E-state index in [1.165, 1.54) is 16.0 Å². The summed E-state index contributed by atoms with van der Waals surface area (Å²) in [5.41, 5.74) is 2.66. The second kappa shape index (κ2) is 7.19. The molecule has 0 atom stereocenters. The summed E-state index contributed by atoms with van der Waals surface area (Å²) in [6, 6.07) is 12.8. The zero-order chi connectivity index (χ0) is 12.6. The first-order chi connectivity index (χ1) is 8.88. The zero-order valence-electron chi connectivity index (χ0n) is 10.6. The Morgan fingerprint density at radius 2 is 1.72 bits per heavy atom. The van der Waals surface area contributed by atoms with Gasteiger partial charge in [0.05, 0.1) is 0 Å². The average Bonchev–Trinajstić information content (AvgIpc) is 2.45. The zero-order valence-corrected chi connectivity index (χ0v) is 11.4. The van der Waals surface area contributed by atoms with Crippen LogP contribution in [0.15, 0.2) is 53.7 Å². The maximum Gasteiger partial charge on any atom is 0.0270 e. The van der Waals surface area contributed by atoms with Crippen molar-refractivity contribution >= 4 is 11.8 Å². The van der Waals surface area contributed by atoms with Crippen LogP contribution in [0.2, 0.25) is 0 Å². The molecule has 1 aromatic heterocycles. The summed E-state index contributed by atoms with van der Waals surface area (Å²) < 4.78 is 0. The fourth-order valence-electron chi connectivity index (χ4n) is 1.76. The molecule has 2 rings (SSSR count). The van der Waals surface area contributed by atoms with Crippen molar-refractivity contribution in [2.24, 2.45) is 0 Å². The Morgan fingerprint density at radius 3 is 2.39 bits per heavy atom. The van der Waals surface area contributed by atoms with Gasteiger partial charge in [-0.3, -0.25) is 4.98 Å². The highest BCUT2D eigenvalue weighted by Gasteiger charge is 1.95. The summed E-state index contributed by atoms with van der Waals surface area (Å²) in [4.78, 5) is 5.33. The molecule has 0 fully saturated rings. The molecule has 0 saturated carbocycles. The summed E-state index contributed by atoms with van der Waals surface area (Å²) in [6.07, 6.45) is 6.83. The number of pyridine rings is 1. The van der Waals surface area contributed by atoms with E-state index in [1.54, 1.807) is 11.8 Å². The van der Waals surface area contributed by atoms with Crippen molar-refractivity contribution in [3.63, 3.8) is 0 Å². The van der Waals surface area contributed by atoms with Gasteiger partial charge in [-0.2, -0.15) is 0 Å². The summed E-state index contributed by atoms with van der Waals surface area (Å²) in [5.74, 6) is 0. The number of benzene rings is 1. The molecule has 3 heteroatoms.